The van der Waals surface area contributed by atoms with Gasteiger partial charge in [-0.25, -0.2) is 17.2 Å². The van der Waals surface area contributed by atoms with Gasteiger partial charge in [-0.1, -0.05) is 36.4 Å². The summed E-state index contributed by atoms with van der Waals surface area (Å²) < 4.78 is 61.1. The monoisotopic (exact) mass is 383 g/mol. The quantitative estimate of drug-likeness (QED) is 0.779. The van der Waals surface area contributed by atoms with Crippen molar-refractivity contribution >= 4 is 10.0 Å². The van der Waals surface area contributed by atoms with Crippen LogP contribution in [0.2, 0.25) is 0 Å². The van der Waals surface area contributed by atoms with Gasteiger partial charge in [0.1, 0.15) is 24.7 Å². The van der Waals surface area contributed by atoms with Gasteiger partial charge in [-0.15, -0.1) is 0 Å². The van der Waals surface area contributed by atoms with Crippen LogP contribution in [0.25, 0.3) is 0 Å². The number of nitrogens with one attached hydrogen (secondary N) is 2. The Morgan fingerprint density at radius 1 is 1.00 bits per heavy atom. The number of halogens is 2. The summed E-state index contributed by atoms with van der Waals surface area (Å²) in [4.78, 5) is 0.222. The second-order valence-electron chi connectivity index (χ2n) is 6.20. The molecule has 5 nitrogen and oxygen atoms in total. The fourth-order valence-corrected chi connectivity index (χ4v) is 4.41. The van der Waals surface area contributed by atoms with Crippen LogP contribution in [0.5, 0.6) is 0 Å². The van der Waals surface area contributed by atoms with Gasteiger partial charge in [0.25, 0.3) is 0 Å². The number of morpholine rings is 1. The first-order valence-electron chi connectivity index (χ1n) is 8.40. The van der Waals surface area contributed by atoms with Gasteiger partial charge >= 0.3 is 0 Å². The average Bonchev–Trinajstić information content (AvgIpc) is 2.62. The third-order valence-corrected chi connectivity index (χ3v) is 5.90. The maximum atomic E-state index is 14.0. The topological polar surface area (TPSA) is 59.8 Å². The van der Waals surface area contributed by atoms with Crippen molar-refractivity contribution < 1.29 is 26.8 Å². The molecule has 0 aromatic heterocycles. The van der Waals surface area contributed by atoms with Gasteiger partial charge in [0.2, 0.25) is 10.0 Å². The molecule has 2 N–H and O–H groups in total. The normalized spacial score (nSPS) is 17.2. The number of quaternary nitrogens is 1. The van der Waals surface area contributed by atoms with Crippen LogP contribution >= 0.6 is 0 Å². The Bertz CT molecular complexity index is 821. The highest BCUT2D eigenvalue weighted by Gasteiger charge is 2.30. The van der Waals surface area contributed by atoms with E-state index in [1.807, 2.05) is 6.07 Å². The molecule has 1 aliphatic rings. The van der Waals surface area contributed by atoms with Crippen LogP contribution in [0, 0.1) is 11.6 Å². The van der Waals surface area contributed by atoms with Crippen molar-refractivity contribution in [2.24, 2.45) is 0 Å². The molecule has 8 heteroatoms. The molecule has 0 radical (unpaired) electrons. The smallest absolute Gasteiger partial charge is 0.247 e. The van der Waals surface area contributed by atoms with Gasteiger partial charge in [-0.3, -0.25) is 0 Å². The Morgan fingerprint density at radius 2 is 1.62 bits per heavy atom. The van der Waals surface area contributed by atoms with Crippen molar-refractivity contribution in [1.29, 1.82) is 0 Å². The van der Waals surface area contributed by atoms with E-state index in [0.29, 0.717) is 19.8 Å². The van der Waals surface area contributed by atoms with Crippen LogP contribution in [0.1, 0.15) is 11.6 Å². The first-order chi connectivity index (χ1) is 12.5. The molecule has 3 rings (SSSR count). The van der Waals surface area contributed by atoms with E-state index in [2.05, 4.69) is 4.72 Å². The van der Waals surface area contributed by atoms with Crippen molar-refractivity contribution in [3.05, 3.63) is 65.7 Å². The Hall–Kier alpha value is -1.87. The second kappa shape index (κ2) is 8.22. The van der Waals surface area contributed by atoms with Crippen molar-refractivity contribution in [2.75, 3.05) is 32.8 Å². The van der Waals surface area contributed by atoms with Crippen molar-refractivity contribution in [3.63, 3.8) is 0 Å². The highest BCUT2D eigenvalue weighted by atomic mass is 32.2. The van der Waals surface area contributed by atoms with Gasteiger partial charge in [-0.05, 0) is 17.7 Å². The summed E-state index contributed by atoms with van der Waals surface area (Å²) in [7, 11) is -4.36. The van der Waals surface area contributed by atoms with Gasteiger partial charge in [0, 0.05) is 0 Å². The second-order valence-corrected chi connectivity index (χ2v) is 7.85. The number of hydrogen-bond acceptors (Lipinski definition) is 3. The summed E-state index contributed by atoms with van der Waals surface area (Å²) in [6.45, 7) is 3.16. The molecule has 1 saturated heterocycles. The maximum Gasteiger partial charge on any atom is 0.247 e. The zero-order valence-corrected chi connectivity index (χ0v) is 14.9. The highest BCUT2D eigenvalue weighted by molar-refractivity contribution is 7.89. The largest absolute Gasteiger partial charge is 0.370 e. The number of benzene rings is 2. The molecule has 0 unspecified atom stereocenters. The van der Waals surface area contributed by atoms with E-state index in [9.17, 15) is 17.2 Å². The summed E-state index contributed by atoms with van der Waals surface area (Å²) in [6.07, 6.45) is 0. The molecule has 1 fully saturated rings. The van der Waals surface area contributed by atoms with Crippen LogP contribution in [-0.2, 0) is 14.8 Å². The number of sulfonamides is 1. The highest BCUT2D eigenvalue weighted by Crippen LogP contribution is 2.21. The maximum absolute atomic E-state index is 14.0. The van der Waals surface area contributed by atoms with E-state index in [4.69, 9.17) is 4.74 Å². The molecule has 1 aliphatic heterocycles. The van der Waals surface area contributed by atoms with Crippen LogP contribution in [0.4, 0.5) is 8.78 Å². The average molecular weight is 383 g/mol. The molecule has 0 amide bonds. The van der Waals surface area contributed by atoms with Crippen molar-refractivity contribution in [3.8, 4) is 0 Å². The standard InChI is InChI=1S/C18H20F2N2O3S/c19-15-7-4-8-16(20)18(15)26(23,24)21-17(14-5-2-1-3-6-14)13-22-9-11-25-12-10-22/h1-8,17,21H,9-13H2/p+1/t17-/m0/s1. The Morgan fingerprint density at radius 3 is 2.23 bits per heavy atom. The Kier molecular flexibility index (Phi) is 5.98. The van der Waals surface area contributed by atoms with E-state index in [0.717, 1.165) is 36.9 Å². The van der Waals surface area contributed by atoms with E-state index >= 15 is 0 Å². The molecule has 0 spiro atoms. The lowest BCUT2D eigenvalue weighted by Crippen LogP contribution is -3.14. The van der Waals surface area contributed by atoms with Crippen LogP contribution < -0.4 is 9.62 Å². The third kappa shape index (κ3) is 4.45. The molecule has 0 saturated carbocycles. The van der Waals surface area contributed by atoms with E-state index < -0.39 is 32.6 Å². The van der Waals surface area contributed by atoms with Crippen molar-refractivity contribution in [2.45, 2.75) is 10.9 Å². The molecule has 0 aliphatic carbocycles. The fourth-order valence-electron chi connectivity index (χ4n) is 3.05. The molecule has 0 bridgehead atoms. The molecule has 1 heterocycles. The third-order valence-electron chi connectivity index (χ3n) is 4.38. The Balaban J connectivity index is 1.89. The summed E-state index contributed by atoms with van der Waals surface area (Å²) >= 11 is 0. The summed E-state index contributed by atoms with van der Waals surface area (Å²) in [5, 5.41) is 0. The van der Waals surface area contributed by atoms with Gasteiger partial charge in [0.05, 0.1) is 25.8 Å². The lowest BCUT2D eigenvalue weighted by molar-refractivity contribution is -0.909. The first-order valence-corrected chi connectivity index (χ1v) is 9.88. The number of rotatable bonds is 6. The molecular formula is C18H21F2N2O3S+. The van der Waals surface area contributed by atoms with Gasteiger partial charge < -0.3 is 9.64 Å². The predicted octanol–water partition coefficient (Wildman–Crippen LogP) is 0.900. The molecule has 26 heavy (non-hydrogen) atoms. The molecule has 2 aromatic rings. The van der Waals surface area contributed by atoms with Gasteiger partial charge in [0.15, 0.2) is 4.90 Å². The molecule has 2 aromatic carbocycles. The lowest BCUT2D eigenvalue weighted by atomic mass is 10.1. The Labute approximate surface area is 151 Å². The van der Waals surface area contributed by atoms with E-state index in [1.165, 1.54) is 4.90 Å². The summed E-state index contributed by atoms with van der Waals surface area (Å²) in [5.74, 6) is -2.22. The minimum absolute atomic E-state index is 0.461. The summed E-state index contributed by atoms with van der Waals surface area (Å²) in [5.41, 5.74) is 0.742. The number of ether oxygens (including phenoxy) is 1. The van der Waals surface area contributed by atoms with Gasteiger partial charge in [-0.2, -0.15) is 4.72 Å². The summed E-state index contributed by atoms with van der Waals surface area (Å²) in [6, 6.07) is 11.4. The fraction of sp³-hybridized carbons (Fsp3) is 0.333. The molecule has 140 valence electrons. The van der Waals surface area contributed by atoms with Crippen molar-refractivity contribution in [1.82, 2.24) is 4.72 Å². The van der Waals surface area contributed by atoms with E-state index in [-0.39, 0.29) is 0 Å². The zero-order chi connectivity index (χ0) is 18.6. The number of hydrogen-bond donors (Lipinski definition) is 2. The predicted molar refractivity (Wildman–Crippen MR) is 92.2 cm³/mol. The minimum Gasteiger partial charge on any atom is -0.370 e. The van der Waals surface area contributed by atoms with Crippen LogP contribution in [0.3, 0.4) is 0 Å². The first kappa shape index (κ1) is 18.9. The zero-order valence-electron chi connectivity index (χ0n) is 14.1. The minimum atomic E-state index is -4.36. The van der Waals surface area contributed by atoms with Crippen LogP contribution in [0.15, 0.2) is 53.4 Å². The van der Waals surface area contributed by atoms with Crippen LogP contribution in [-0.4, -0.2) is 41.3 Å². The lowest BCUT2D eigenvalue weighted by Gasteiger charge is -2.28. The SMILES string of the molecule is O=S(=O)(N[C@@H](C[NH+]1CCOCC1)c1ccccc1)c1c(F)cccc1F. The van der Waals surface area contributed by atoms with E-state index in [1.54, 1.807) is 24.3 Å². The molecular weight excluding hydrogens is 362 g/mol. The molecule has 1 atom stereocenters.